The SMILES string of the molecule is O=C(N[C@@H](c1ccc(F)cc1)C1CC1)N1C[C@@H]2[C@H](C1)[C@H]1CC[C@H]2O1. The number of halogens is 1. The Balaban J connectivity index is 1.28. The summed E-state index contributed by atoms with van der Waals surface area (Å²) in [4.78, 5) is 14.8. The summed E-state index contributed by atoms with van der Waals surface area (Å²) in [6, 6.07) is 6.59. The molecular formula is C19H23FN2O2. The van der Waals surface area contributed by atoms with E-state index in [1.54, 1.807) is 12.1 Å². The van der Waals surface area contributed by atoms with Gasteiger partial charge in [0.2, 0.25) is 0 Å². The van der Waals surface area contributed by atoms with E-state index in [-0.39, 0.29) is 17.9 Å². The van der Waals surface area contributed by atoms with Crippen molar-refractivity contribution in [2.24, 2.45) is 17.8 Å². The fourth-order valence-corrected chi connectivity index (χ4v) is 4.92. The van der Waals surface area contributed by atoms with Crippen molar-refractivity contribution in [1.82, 2.24) is 10.2 Å². The molecule has 0 radical (unpaired) electrons. The number of amides is 2. The predicted molar refractivity (Wildman–Crippen MR) is 86.8 cm³/mol. The molecule has 1 N–H and O–H groups in total. The van der Waals surface area contributed by atoms with Gasteiger partial charge in [0, 0.05) is 24.9 Å². The molecule has 0 aromatic heterocycles. The zero-order valence-corrected chi connectivity index (χ0v) is 13.7. The Bertz CT molecular complexity index is 627. The van der Waals surface area contributed by atoms with Crippen molar-refractivity contribution in [1.29, 1.82) is 0 Å². The van der Waals surface area contributed by atoms with Crippen LogP contribution in [-0.4, -0.2) is 36.2 Å². The Hall–Kier alpha value is -1.62. The zero-order valence-electron chi connectivity index (χ0n) is 13.7. The molecule has 1 saturated carbocycles. The van der Waals surface area contributed by atoms with Crippen molar-refractivity contribution < 1.29 is 13.9 Å². The summed E-state index contributed by atoms with van der Waals surface area (Å²) in [6.07, 6.45) is 5.31. The Labute approximate surface area is 141 Å². The van der Waals surface area contributed by atoms with Crippen molar-refractivity contribution in [3.8, 4) is 0 Å². The summed E-state index contributed by atoms with van der Waals surface area (Å²) in [5, 5.41) is 3.22. The van der Waals surface area contributed by atoms with E-state index in [0.29, 0.717) is 30.0 Å². The van der Waals surface area contributed by atoms with Gasteiger partial charge in [-0.3, -0.25) is 0 Å². The number of benzene rings is 1. The molecule has 5 heteroatoms. The summed E-state index contributed by atoms with van der Waals surface area (Å²) < 4.78 is 19.2. The fraction of sp³-hybridized carbons (Fsp3) is 0.632. The van der Waals surface area contributed by atoms with Gasteiger partial charge in [0.05, 0.1) is 18.2 Å². The van der Waals surface area contributed by atoms with Gasteiger partial charge >= 0.3 is 6.03 Å². The third kappa shape index (κ3) is 2.41. The van der Waals surface area contributed by atoms with Crippen LogP contribution in [0.15, 0.2) is 24.3 Å². The van der Waals surface area contributed by atoms with Crippen molar-refractivity contribution in [2.75, 3.05) is 13.1 Å². The number of carbonyl (C=O) groups is 1. The smallest absolute Gasteiger partial charge is 0.317 e. The first-order valence-corrected chi connectivity index (χ1v) is 9.15. The van der Waals surface area contributed by atoms with E-state index in [4.69, 9.17) is 4.74 Å². The van der Waals surface area contributed by atoms with Crippen LogP contribution in [0.2, 0.25) is 0 Å². The number of hydrogen-bond donors (Lipinski definition) is 1. The molecule has 3 heterocycles. The lowest BCUT2D eigenvalue weighted by Crippen LogP contribution is -2.42. The minimum Gasteiger partial charge on any atom is -0.374 e. The van der Waals surface area contributed by atoms with E-state index in [0.717, 1.165) is 44.3 Å². The molecule has 0 spiro atoms. The molecule has 4 aliphatic rings. The summed E-state index contributed by atoms with van der Waals surface area (Å²) in [6.45, 7) is 1.64. The largest absolute Gasteiger partial charge is 0.374 e. The van der Waals surface area contributed by atoms with Gasteiger partial charge < -0.3 is 15.0 Å². The molecule has 1 aliphatic carbocycles. The highest BCUT2D eigenvalue weighted by Gasteiger charge is 2.54. The Morgan fingerprint density at radius 1 is 1.08 bits per heavy atom. The van der Waals surface area contributed by atoms with Gasteiger partial charge in [0.1, 0.15) is 5.82 Å². The first-order chi connectivity index (χ1) is 11.7. The Morgan fingerprint density at radius 2 is 1.71 bits per heavy atom. The molecule has 2 amide bonds. The molecule has 24 heavy (non-hydrogen) atoms. The van der Waals surface area contributed by atoms with Crippen LogP contribution in [0.5, 0.6) is 0 Å². The van der Waals surface area contributed by atoms with Gasteiger partial charge in [-0.1, -0.05) is 12.1 Å². The van der Waals surface area contributed by atoms with Crippen LogP contribution in [0.1, 0.15) is 37.3 Å². The van der Waals surface area contributed by atoms with E-state index in [1.165, 1.54) is 12.1 Å². The maximum Gasteiger partial charge on any atom is 0.317 e. The third-order valence-corrected chi connectivity index (χ3v) is 6.34. The van der Waals surface area contributed by atoms with Gasteiger partial charge in [-0.15, -0.1) is 0 Å². The van der Waals surface area contributed by atoms with Crippen molar-refractivity contribution >= 4 is 6.03 Å². The molecular weight excluding hydrogens is 307 g/mol. The van der Waals surface area contributed by atoms with Gasteiger partial charge in [-0.2, -0.15) is 0 Å². The van der Waals surface area contributed by atoms with E-state index in [2.05, 4.69) is 5.32 Å². The quantitative estimate of drug-likeness (QED) is 0.925. The van der Waals surface area contributed by atoms with Crippen LogP contribution < -0.4 is 5.32 Å². The number of likely N-dealkylation sites (tertiary alicyclic amines) is 1. The number of fused-ring (bicyclic) bond motifs is 5. The second-order valence-corrected chi connectivity index (χ2v) is 7.84. The molecule has 0 unspecified atom stereocenters. The topological polar surface area (TPSA) is 41.6 Å². The number of carbonyl (C=O) groups excluding carboxylic acids is 1. The van der Waals surface area contributed by atoms with Gasteiger partial charge in [-0.05, 0) is 49.3 Å². The number of hydrogen-bond acceptors (Lipinski definition) is 2. The zero-order chi connectivity index (χ0) is 16.3. The van der Waals surface area contributed by atoms with Crippen LogP contribution in [-0.2, 0) is 4.74 Å². The van der Waals surface area contributed by atoms with Crippen LogP contribution in [0.3, 0.4) is 0 Å². The van der Waals surface area contributed by atoms with Crippen LogP contribution in [0, 0.1) is 23.6 Å². The minimum atomic E-state index is -0.234. The fourth-order valence-electron chi connectivity index (χ4n) is 4.92. The number of nitrogens with one attached hydrogen (secondary N) is 1. The summed E-state index contributed by atoms with van der Waals surface area (Å²) in [5.74, 6) is 1.31. The summed E-state index contributed by atoms with van der Waals surface area (Å²) in [5.41, 5.74) is 1.01. The van der Waals surface area contributed by atoms with Crippen LogP contribution in [0.25, 0.3) is 0 Å². The second kappa shape index (κ2) is 5.45. The van der Waals surface area contributed by atoms with E-state index in [9.17, 15) is 9.18 Å². The molecule has 5 rings (SSSR count). The van der Waals surface area contributed by atoms with E-state index < -0.39 is 0 Å². The molecule has 3 aliphatic heterocycles. The summed E-state index contributed by atoms with van der Waals surface area (Å²) in [7, 11) is 0. The Morgan fingerprint density at radius 3 is 2.29 bits per heavy atom. The van der Waals surface area contributed by atoms with Crippen molar-refractivity contribution in [3.63, 3.8) is 0 Å². The highest BCUT2D eigenvalue weighted by molar-refractivity contribution is 5.75. The highest BCUT2D eigenvalue weighted by Crippen LogP contribution is 2.47. The van der Waals surface area contributed by atoms with Gasteiger partial charge in [0.25, 0.3) is 0 Å². The van der Waals surface area contributed by atoms with Gasteiger partial charge in [0.15, 0.2) is 0 Å². The van der Waals surface area contributed by atoms with Crippen LogP contribution in [0.4, 0.5) is 9.18 Å². The minimum absolute atomic E-state index is 0.00603. The highest BCUT2D eigenvalue weighted by atomic mass is 19.1. The standard InChI is InChI=1S/C19H23FN2O2/c20-13-5-3-12(4-6-13)18(11-1-2-11)21-19(23)22-9-14-15(10-22)17-8-7-16(14)24-17/h3-6,11,14-18H,1-2,7-10H2,(H,21,23)/t14-,15+,16-,17-,18-/m1/s1. The normalized spacial score (nSPS) is 35.1. The average Bonchev–Trinajstić information content (AvgIpc) is 3.03. The molecule has 128 valence electrons. The number of rotatable bonds is 3. The predicted octanol–water partition coefficient (Wildman–Crippen LogP) is 3.10. The monoisotopic (exact) mass is 330 g/mol. The molecule has 1 aromatic rings. The molecule has 4 fully saturated rings. The molecule has 5 atom stereocenters. The Kier molecular flexibility index (Phi) is 3.34. The van der Waals surface area contributed by atoms with Crippen molar-refractivity contribution in [3.05, 3.63) is 35.6 Å². The lowest BCUT2D eigenvalue weighted by atomic mass is 9.82. The lowest BCUT2D eigenvalue weighted by Gasteiger charge is -2.25. The number of nitrogens with zero attached hydrogens (tertiary/aromatic N) is 1. The molecule has 1 aromatic carbocycles. The molecule has 3 saturated heterocycles. The summed E-state index contributed by atoms with van der Waals surface area (Å²) >= 11 is 0. The molecule has 2 bridgehead atoms. The first kappa shape index (κ1) is 14.7. The second-order valence-electron chi connectivity index (χ2n) is 7.84. The van der Waals surface area contributed by atoms with Crippen LogP contribution >= 0.6 is 0 Å². The third-order valence-electron chi connectivity index (χ3n) is 6.34. The number of ether oxygens (including phenoxy) is 1. The first-order valence-electron chi connectivity index (χ1n) is 9.15. The average molecular weight is 330 g/mol. The lowest BCUT2D eigenvalue weighted by molar-refractivity contribution is 0.0736. The van der Waals surface area contributed by atoms with Gasteiger partial charge in [-0.25, -0.2) is 9.18 Å². The van der Waals surface area contributed by atoms with E-state index in [1.807, 2.05) is 4.90 Å². The number of urea groups is 1. The van der Waals surface area contributed by atoms with E-state index >= 15 is 0 Å². The maximum atomic E-state index is 13.2. The maximum absolute atomic E-state index is 13.2. The van der Waals surface area contributed by atoms with Crippen molar-refractivity contribution in [2.45, 2.75) is 43.9 Å². The molecule has 4 nitrogen and oxygen atoms in total.